The Morgan fingerprint density at radius 1 is 1.33 bits per heavy atom. The van der Waals surface area contributed by atoms with Gasteiger partial charge in [0.1, 0.15) is 5.78 Å². The maximum Gasteiger partial charge on any atom is 0.417 e. The monoisotopic (exact) mass is 278 g/mol. The van der Waals surface area contributed by atoms with Crippen LogP contribution in [0.15, 0.2) is 18.2 Å². The van der Waals surface area contributed by atoms with E-state index in [0.29, 0.717) is 6.42 Å². The van der Waals surface area contributed by atoms with Crippen molar-refractivity contribution in [3.8, 4) is 0 Å². The first-order valence-corrected chi connectivity index (χ1v) is 5.76. The Kier molecular flexibility index (Phi) is 3.64. The molecule has 0 bridgehead atoms. The first kappa shape index (κ1) is 13.4. The molecule has 1 aromatic carbocycles. The lowest BCUT2D eigenvalue weighted by atomic mass is 9.98. The van der Waals surface area contributed by atoms with Crippen LogP contribution in [0.4, 0.5) is 13.2 Å². The number of carbonyl (C=O) groups is 1. The van der Waals surface area contributed by atoms with Gasteiger partial charge < -0.3 is 4.74 Å². The number of halogens is 4. The number of rotatable bonds is 1. The Labute approximate surface area is 107 Å². The maximum absolute atomic E-state index is 12.7. The van der Waals surface area contributed by atoms with Crippen LogP contribution >= 0.6 is 11.6 Å². The summed E-state index contributed by atoms with van der Waals surface area (Å²) >= 11 is 5.76. The van der Waals surface area contributed by atoms with Gasteiger partial charge in [-0.25, -0.2) is 0 Å². The maximum atomic E-state index is 12.7. The first-order valence-electron chi connectivity index (χ1n) is 5.38. The summed E-state index contributed by atoms with van der Waals surface area (Å²) in [6.45, 7) is 0.218. The van der Waals surface area contributed by atoms with Crippen LogP contribution in [-0.4, -0.2) is 12.4 Å². The van der Waals surface area contributed by atoms with Crippen LogP contribution in [-0.2, 0) is 15.7 Å². The predicted octanol–water partition coefficient (Wildman–Crippen LogP) is 3.78. The molecule has 0 N–H and O–H groups in total. The molecule has 1 heterocycles. The van der Waals surface area contributed by atoms with E-state index in [2.05, 4.69) is 0 Å². The standard InChI is InChI=1S/C12H10ClF3O2/c13-11-8(10-6-7(17)4-5-18-10)2-1-3-9(11)12(14,15)16/h1-3,10H,4-6H2. The van der Waals surface area contributed by atoms with Gasteiger partial charge in [-0.15, -0.1) is 0 Å². The number of hydrogen-bond donors (Lipinski definition) is 0. The lowest BCUT2D eigenvalue weighted by molar-refractivity contribution is -0.137. The zero-order valence-electron chi connectivity index (χ0n) is 9.26. The average molecular weight is 279 g/mol. The molecule has 0 aliphatic carbocycles. The van der Waals surface area contributed by atoms with Gasteiger partial charge in [-0.05, 0) is 6.07 Å². The average Bonchev–Trinajstić information content (AvgIpc) is 2.27. The van der Waals surface area contributed by atoms with Crippen LogP contribution in [0, 0.1) is 0 Å². The predicted molar refractivity (Wildman–Crippen MR) is 59.4 cm³/mol. The molecule has 1 aliphatic rings. The summed E-state index contributed by atoms with van der Waals surface area (Å²) in [5.74, 6) is -0.0280. The minimum Gasteiger partial charge on any atom is -0.373 e. The molecule has 0 saturated carbocycles. The van der Waals surface area contributed by atoms with Crippen molar-refractivity contribution in [1.29, 1.82) is 0 Å². The molecule has 1 aliphatic heterocycles. The van der Waals surface area contributed by atoms with Crippen LogP contribution in [0.2, 0.25) is 5.02 Å². The Hall–Kier alpha value is -1.07. The fourth-order valence-corrected chi connectivity index (χ4v) is 2.25. The number of Topliss-reactive ketones (excluding diaryl/α,β-unsaturated/α-hetero) is 1. The molecule has 1 unspecified atom stereocenters. The summed E-state index contributed by atoms with van der Waals surface area (Å²) in [7, 11) is 0. The van der Waals surface area contributed by atoms with E-state index in [1.54, 1.807) is 0 Å². The zero-order chi connectivity index (χ0) is 13.3. The molecule has 2 rings (SSSR count). The van der Waals surface area contributed by atoms with Crippen LogP contribution < -0.4 is 0 Å². The van der Waals surface area contributed by atoms with Crippen LogP contribution in [0.5, 0.6) is 0 Å². The quantitative estimate of drug-likeness (QED) is 0.781. The van der Waals surface area contributed by atoms with Crippen molar-refractivity contribution in [3.63, 3.8) is 0 Å². The lowest BCUT2D eigenvalue weighted by Gasteiger charge is -2.24. The molecule has 98 valence electrons. The molecule has 1 saturated heterocycles. The molecule has 1 aromatic rings. The van der Waals surface area contributed by atoms with Crippen molar-refractivity contribution < 1.29 is 22.7 Å². The van der Waals surface area contributed by atoms with Crippen LogP contribution in [0.1, 0.15) is 30.1 Å². The molecule has 0 spiro atoms. The van der Waals surface area contributed by atoms with Crippen LogP contribution in [0.3, 0.4) is 0 Å². The number of ether oxygens (including phenoxy) is 1. The molecule has 18 heavy (non-hydrogen) atoms. The van der Waals surface area contributed by atoms with Gasteiger partial charge in [0.25, 0.3) is 0 Å². The van der Waals surface area contributed by atoms with Gasteiger partial charge in [-0.3, -0.25) is 4.79 Å². The van der Waals surface area contributed by atoms with E-state index in [0.717, 1.165) is 6.07 Å². The van der Waals surface area contributed by atoms with Gasteiger partial charge in [-0.2, -0.15) is 13.2 Å². The van der Waals surface area contributed by atoms with Crippen molar-refractivity contribution >= 4 is 17.4 Å². The second-order valence-corrected chi connectivity index (χ2v) is 4.44. The van der Waals surface area contributed by atoms with Gasteiger partial charge in [-0.1, -0.05) is 23.7 Å². The highest BCUT2D eigenvalue weighted by molar-refractivity contribution is 6.32. The molecule has 0 aromatic heterocycles. The highest BCUT2D eigenvalue weighted by atomic mass is 35.5. The van der Waals surface area contributed by atoms with E-state index in [1.165, 1.54) is 12.1 Å². The second kappa shape index (κ2) is 4.90. The minimum atomic E-state index is -4.51. The fraction of sp³-hybridized carbons (Fsp3) is 0.417. The Morgan fingerprint density at radius 3 is 2.67 bits per heavy atom. The highest BCUT2D eigenvalue weighted by Gasteiger charge is 2.35. The van der Waals surface area contributed by atoms with Crippen molar-refractivity contribution in [1.82, 2.24) is 0 Å². The van der Waals surface area contributed by atoms with Gasteiger partial charge >= 0.3 is 6.18 Å². The number of benzene rings is 1. The third-order valence-electron chi connectivity index (χ3n) is 2.79. The van der Waals surface area contributed by atoms with Gasteiger partial charge in [0.2, 0.25) is 0 Å². The fourth-order valence-electron chi connectivity index (χ4n) is 1.90. The summed E-state index contributed by atoms with van der Waals surface area (Å²) in [5.41, 5.74) is -0.678. The lowest BCUT2D eigenvalue weighted by Crippen LogP contribution is -2.20. The largest absolute Gasteiger partial charge is 0.417 e. The van der Waals surface area contributed by atoms with E-state index in [9.17, 15) is 18.0 Å². The first-order chi connectivity index (χ1) is 8.39. The smallest absolute Gasteiger partial charge is 0.373 e. The van der Waals surface area contributed by atoms with E-state index in [4.69, 9.17) is 16.3 Å². The minimum absolute atomic E-state index is 0.0280. The third kappa shape index (κ3) is 2.67. The third-order valence-corrected chi connectivity index (χ3v) is 3.22. The summed E-state index contributed by atoms with van der Waals surface area (Å²) in [6, 6.07) is 3.64. The number of ketones is 1. The van der Waals surface area contributed by atoms with E-state index < -0.39 is 17.8 Å². The normalized spacial score (nSPS) is 21.1. The van der Waals surface area contributed by atoms with E-state index in [-0.39, 0.29) is 29.4 Å². The topological polar surface area (TPSA) is 26.3 Å². The molecule has 0 amide bonds. The highest BCUT2D eigenvalue weighted by Crippen LogP contribution is 2.40. The van der Waals surface area contributed by atoms with Crippen molar-refractivity contribution in [3.05, 3.63) is 34.3 Å². The Balaban J connectivity index is 2.37. The summed E-state index contributed by atoms with van der Waals surface area (Å²) < 4.78 is 43.4. The molecule has 1 atom stereocenters. The van der Waals surface area contributed by atoms with Gasteiger partial charge in [0, 0.05) is 18.4 Å². The molecule has 6 heteroatoms. The molecule has 0 radical (unpaired) electrons. The number of alkyl halides is 3. The zero-order valence-corrected chi connectivity index (χ0v) is 10.0. The molecule has 1 fully saturated rings. The Morgan fingerprint density at radius 2 is 2.06 bits per heavy atom. The second-order valence-electron chi connectivity index (χ2n) is 4.06. The van der Waals surface area contributed by atoms with Gasteiger partial charge in [0.05, 0.1) is 23.3 Å². The van der Waals surface area contributed by atoms with Crippen molar-refractivity contribution in [2.75, 3.05) is 6.61 Å². The number of hydrogen-bond acceptors (Lipinski definition) is 2. The van der Waals surface area contributed by atoms with E-state index in [1.807, 2.05) is 0 Å². The van der Waals surface area contributed by atoms with Crippen LogP contribution in [0.25, 0.3) is 0 Å². The summed E-state index contributed by atoms with van der Waals surface area (Å²) in [5, 5.41) is -0.385. The SMILES string of the molecule is O=C1CCOC(c2cccc(C(F)(F)F)c2Cl)C1. The summed E-state index contributed by atoms with van der Waals surface area (Å²) in [6.07, 6.45) is -4.82. The molecular formula is C12H10ClF3O2. The van der Waals surface area contributed by atoms with Crippen molar-refractivity contribution in [2.24, 2.45) is 0 Å². The molecular weight excluding hydrogens is 269 g/mol. The molecule has 2 nitrogen and oxygen atoms in total. The van der Waals surface area contributed by atoms with Crippen molar-refractivity contribution in [2.45, 2.75) is 25.1 Å². The van der Waals surface area contributed by atoms with E-state index >= 15 is 0 Å². The Bertz CT molecular complexity index is 471. The number of carbonyl (C=O) groups excluding carboxylic acids is 1. The van der Waals surface area contributed by atoms with Gasteiger partial charge in [0.15, 0.2) is 0 Å². The summed E-state index contributed by atoms with van der Waals surface area (Å²) in [4.78, 5) is 11.3.